The second-order valence-electron chi connectivity index (χ2n) is 7.08. The lowest BCUT2D eigenvalue weighted by atomic mass is 10.0. The summed E-state index contributed by atoms with van der Waals surface area (Å²) < 4.78 is 0. The van der Waals surface area contributed by atoms with Crippen LogP contribution >= 0.6 is 0 Å². The standard InChI is InChI=1S/C22H16N2O8/c25-17-9-10-18(26)23(17)31-21(29)15-5-1-13(2-6-15)14-3-7-16(8-4-14)22(30)32-24-19(27)11-12-20(24)28/h1-8H,9-12H2. The first-order valence-electron chi connectivity index (χ1n) is 9.70. The predicted octanol–water partition coefficient (Wildman–Crippen LogP) is 1.80. The van der Waals surface area contributed by atoms with Gasteiger partial charge < -0.3 is 9.68 Å². The molecule has 2 heterocycles. The Balaban J connectivity index is 1.41. The van der Waals surface area contributed by atoms with Crippen molar-refractivity contribution in [1.82, 2.24) is 10.1 Å². The lowest BCUT2D eigenvalue weighted by molar-refractivity contribution is -0.173. The van der Waals surface area contributed by atoms with E-state index in [4.69, 9.17) is 9.68 Å². The van der Waals surface area contributed by atoms with E-state index in [1.807, 2.05) is 0 Å². The van der Waals surface area contributed by atoms with Crippen LogP contribution in [0.2, 0.25) is 0 Å². The maximum absolute atomic E-state index is 12.2. The number of carbonyl (C=O) groups excluding carboxylic acids is 6. The highest BCUT2D eigenvalue weighted by molar-refractivity contribution is 6.03. The molecule has 0 aliphatic carbocycles. The van der Waals surface area contributed by atoms with Gasteiger partial charge in [0.25, 0.3) is 23.6 Å². The van der Waals surface area contributed by atoms with Gasteiger partial charge in [-0.25, -0.2) is 9.59 Å². The monoisotopic (exact) mass is 436 g/mol. The van der Waals surface area contributed by atoms with Crippen molar-refractivity contribution in [3.63, 3.8) is 0 Å². The zero-order valence-electron chi connectivity index (χ0n) is 16.6. The first-order chi connectivity index (χ1) is 15.3. The minimum absolute atomic E-state index is 0.0131. The molecule has 2 aliphatic rings. The Morgan fingerprint density at radius 1 is 0.531 bits per heavy atom. The quantitative estimate of drug-likeness (QED) is 0.649. The summed E-state index contributed by atoms with van der Waals surface area (Å²) in [5.74, 6) is -3.89. The number of hydrogen-bond donors (Lipinski definition) is 0. The van der Waals surface area contributed by atoms with Gasteiger partial charge in [0.05, 0.1) is 11.1 Å². The first kappa shape index (κ1) is 20.9. The predicted molar refractivity (Wildman–Crippen MR) is 105 cm³/mol. The van der Waals surface area contributed by atoms with Gasteiger partial charge in [0.2, 0.25) is 0 Å². The molecular weight excluding hydrogens is 420 g/mol. The van der Waals surface area contributed by atoms with Crippen LogP contribution in [-0.4, -0.2) is 45.7 Å². The van der Waals surface area contributed by atoms with Crippen LogP contribution in [0.15, 0.2) is 48.5 Å². The van der Waals surface area contributed by atoms with Crippen LogP contribution in [0.3, 0.4) is 0 Å². The lowest BCUT2D eigenvalue weighted by Gasteiger charge is -2.13. The molecular formula is C22H16N2O8. The molecule has 0 spiro atoms. The molecule has 0 saturated carbocycles. The van der Waals surface area contributed by atoms with Crippen LogP contribution in [0.1, 0.15) is 46.4 Å². The third-order valence-corrected chi connectivity index (χ3v) is 4.93. The van der Waals surface area contributed by atoms with Gasteiger partial charge in [0.15, 0.2) is 0 Å². The fourth-order valence-corrected chi connectivity index (χ4v) is 3.18. The summed E-state index contributed by atoms with van der Waals surface area (Å²) in [5, 5.41) is 0.967. The Morgan fingerprint density at radius 2 is 0.812 bits per heavy atom. The molecule has 2 aliphatic heterocycles. The Morgan fingerprint density at radius 3 is 1.09 bits per heavy atom. The van der Waals surface area contributed by atoms with Gasteiger partial charge in [0, 0.05) is 25.7 Å². The molecule has 2 aromatic carbocycles. The smallest absolute Gasteiger partial charge is 0.325 e. The van der Waals surface area contributed by atoms with Crippen molar-refractivity contribution in [2.24, 2.45) is 0 Å². The van der Waals surface area contributed by atoms with E-state index in [1.165, 1.54) is 24.3 Å². The minimum atomic E-state index is -0.829. The van der Waals surface area contributed by atoms with E-state index in [0.717, 1.165) is 11.1 Å². The normalized spacial score (nSPS) is 16.0. The number of carbonyl (C=O) groups is 6. The van der Waals surface area contributed by atoms with Gasteiger partial charge in [-0.05, 0) is 35.4 Å². The number of rotatable bonds is 5. The molecule has 2 fully saturated rings. The number of imide groups is 2. The van der Waals surface area contributed by atoms with Crippen molar-refractivity contribution >= 4 is 35.6 Å². The van der Waals surface area contributed by atoms with E-state index >= 15 is 0 Å². The molecule has 0 atom stereocenters. The molecule has 10 heteroatoms. The molecule has 162 valence electrons. The Hall–Kier alpha value is -4.34. The van der Waals surface area contributed by atoms with Crippen molar-refractivity contribution < 1.29 is 38.4 Å². The molecule has 4 amide bonds. The van der Waals surface area contributed by atoms with Crippen molar-refractivity contribution in [1.29, 1.82) is 0 Å². The zero-order valence-corrected chi connectivity index (χ0v) is 16.6. The minimum Gasteiger partial charge on any atom is -0.325 e. The van der Waals surface area contributed by atoms with E-state index in [9.17, 15) is 28.8 Å². The summed E-state index contributed by atoms with van der Waals surface area (Å²) in [7, 11) is 0. The number of benzene rings is 2. The number of nitrogens with zero attached hydrogens (tertiary/aromatic N) is 2. The third-order valence-electron chi connectivity index (χ3n) is 4.93. The van der Waals surface area contributed by atoms with Crippen LogP contribution in [0.4, 0.5) is 0 Å². The van der Waals surface area contributed by atoms with Crippen LogP contribution in [0.5, 0.6) is 0 Å². The molecule has 2 aromatic rings. The van der Waals surface area contributed by atoms with Crippen LogP contribution in [0, 0.1) is 0 Å². The van der Waals surface area contributed by atoms with Crippen LogP contribution in [0.25, 0.3) is 11.1 Å². The first-order valence-corrected chi connectivity index (χ1v) is 9.70. The van der Waals surface area contributed by atoms with Crippen LogP contribution in [-0.2, 0) is 28.9 Å². The van der Waals surface area contributed by atoms with Crippen LogP contribution < -0.4 is 0 Å². The molecule has 0 radical (unpaired) electrons. The van der Waals surface area contributed by atoms with E-state index < -0.39 is 35.6 Å². The van der Waals surface area contributed by atoms with Crippen molar-refractivity contribution in [3.05, 3.63) is 59.7 Å². The van der Waals surface area contributed by atoms with Gasteiger partial charge in [-0.15, -0.1) is 10.1 Å². The third kappa shape index (κ3) is 4.10. The number of hydrogen-bond acceptors (Lipinski definition) is 8. The summed E-state index contributed by atoms with van der Waals surface area (Å²) in [6.07, 6.45) is 0.0525. The van der Waals surface area contributed by atoms with Gasteiger partial charge in [-0.3, -0.25) is 19.2 Å². The molecule has 4 rings (SSSR count). The van der Waals surface area contributed by atoms with Crippen molar-refractivity contribution in [3.8, 4) is 11.1 Å². The highest BCUT2D eigenvalue weighted by Gasteiger charge is 2.34. The molecule has 0 unspecified atom stereocenters. The van der Waals surface area contributed by atoms with E-state index in [2.05, 4.69) is 0 Å². The van der Waals surface area contributed by atoms with Gasteiger partial charge in [0.1, 0.15) is 0 Å². The molecule has 32 heavy (non-hydrogen) atoms. The fourth-order valence-electron chi connectivity index (χ4n) is 3.18. The fraction of sp³-hybridized carbons (Fsp3) is 0.182. The van der Waals surface area contributed by atoms with E-state index in [-0.39, 0.29) is 36.8 Å². The number of hydroxylamine groups is 4. The summed E-state index contributed by atoms with van der Waals surface area (Å²) in [6, 6.07) is 12.5. The van der Waals surface area contributed by atoms with Gasteiger partial charge >= 0.3 is 11.9 Å². The maximum atomic E-state index is 12.2. The molecule has 10 nitrogen and oxygen atoms in total. The highest BCUT2D eigenvalue weighted by atomic mass is 16.7. The Labute approximate surface area is 181 Å². The summed E-state index contributed by atoms with van der Waals surface area (Å²) in [6.45, 7) is 0. The molecule has 0 bridgehead atoms. The summed E-state index contributed by atoms with van der Waals surface area (Å²) >= 11 is 0. The van der Waals surface area contributed by atoms with Crippen molar-refractivity contribution in [2.75, 3.05) is 0 Å². The zero-order chi connectivity index (χ0) is 22.8. The highest BCUT2D eigenvalue weighted by Crippen LogP contribution is 2.22. The largest absolute Gasteiger partial charge is 0.363 e. The molecule has 0 aromatic heterocycles. The Bertz CT molecular complexity index is 1010. The van der Waals surface area contributed by atoms with E-state index in [0.29, 0.717) is 10.1 Å². The van der Waals surface area contributed by atoms with Gasteiger partial charge in [-0.1, -0.05) is 24.3 Å². The average molecular weight is 436 g/mol. The lowest BCUT2D eigenvalue weighted by Crippen LogP contribution is -2.32. The Kier molecular flexibility index (Phi) is 5.50. The second kappa shape index (κ2) is 8.42. The topological polar surface area (TPSA) is 127 Å². The molecule has 0 N–H and O–H groups in total. The number of amides is 4. The van der Waals surface area contributed by atoms with Crippen molar-refractivity contribution in [2.45, 2.75) is 25.7 Å². The van der Waals surface area contributed by atoms with Gasteiger partial charge in [-0.2, -0.15) is 0 Å². The maximum Gasteiger partial charge on any atom is 0.363 e. The van der Waals surface area contributed by atoms with E-state index in [1.54, 1.807) is 24.3 Å². The average Bonchev–Trinajstić information content (AvgIpc) is 3.29. The second-order valence-corrected chi connectivity index (χ2v) is 7.08. The SMILES string of the molecule is O=C(ON1C(=O)CCC1=O)c1ccc(-c2ccc(C(=O)ON3C(=O)CCC3=O)cc2)cc1. The molecule has 2 saturated heterocycles. The summed E-state index contributed by atoms with van der Waals surface area (Å²) in [5.41, 5.74) is 1.75. The summed E-state index contributed by atoms with van der Waals surface area (Å²) in [4.78, 5) is 80.3.